The monoisotopic (exact) mass is 225 g/mol. The molecule has 0 atom stereocenters. The molecule has 6 nitrogen and oxygen atoms in total. The van der Waals surface area contributed by atoms with Crippen LogP contribution in [0, 0.1) is 23.0 Å². The fourth-order valence-corrected chi connectivity index (χ4v) is 1.97. The summed E-state index contributed by atoms with van der Waals surface area (Å²) in [6, 6.07) is 0. The fourth-order valence-electron chi connectivity index (χ4n) is 1.97. The van der Waals surface area contributed by atoms with Crippen LogP contribution in [0.2, 0.25) is 0 Å². The van der Waals surface area contributed by atoms with Gasteiger partial charge in [0.25, 0.3) is 0 Å². The highest BCUT2D eigenvalue weighted by Crippen LogP contribution is 2.21. The summed E-state index contributed by atoms with van der Waals surface area (Å²) in [5, 5.41) is 14.7. The molecule has 1 fully saturated rings. The number of hydrogen-bond donors (Lipinski definition) is 0. The van der Waals surface area contributed by atoms with E-state index in [2.05, 4.69) is 5.10 Å². The molecule has 6 heteroatoms. The van der Waals surface area contributed by atoms with Gasteiger partial charge in [0.15, 0.2) is 0 Å². The van der Waals surface area contributed by atoms with Crippen LogP contribution < -0.4 is 0 Å². The SMILES string of the molecule is Cc1c([N+](=O)[O-])cnn1CC1CCOCC1. The van der Waals surface area contributed by atoms with E-state index in [9.17, 15) is 10.1 Å². The van der Waals surface area contributed by atoms with E-state index in [1.54, 1.807) is 11.6 Å². The Kier molecular flexibility index (Phi) is 3.19. The molecule has 0 aliphatic carbocycles. The lowest BCUT2D eigenvalue weighted by atomic mass is 10.0. The topological polar surface area (TPSA) is 70.2 Å². The zero-order chi connectivity index (χ0) is 11.5. The van der Waals surface area contributed by atoms with Crippen molar-refractivity contribution in [3.63, 3.8) is 0 Å². The quantitative estimate of drug-likeness (QED) is 0.577. The molecule has 0 N–H and O–H groups in total. The predicted molar refractivity (Wildman–Crippen MR) is 57.2 cm³/mol. The molecule has 1 aliphatic rings. The highest BCUT2D eigenvalue weighted by molar-refractivity contribution is 5.31. The summed E-state index contributed by atoms with van der Waals surface area (Å²) >= 11 is 0. The van der Waals surface area contributed by atoms with Gasteiger partial charge in [-0.05, 0) is 25.7 Å². The smallest absolute Gasteiger partial charge is 0.309 e. The highest BCUT2D eigenvalue weighted by atomic mass is 16.6. The van der Waals surface area contributed by atoms with E-state index in [0.717, 1.165) is 32.6 Å². The lowest BCUT2D eigenvalue weighted by Gasteiger charge is -2.22. The van der Waals surface area contributed by atoms with Crippen LogP contribution in [0.25, 0.3) is 0 Å². The summed E-state index contributed by atoms with van der Waals surface area (Å²) in [5.74, 6) is 0.520. The van der Waals surface area contributed by atoms with E-state index in [1.165, 1.54) is 6.20 Å². The van der Waals surface area contributed by atoms with Crippen molar-refractivity contribution >= 4 is 5.69 Å². The molecule has 0 spiro atoms. The minimum absolute atomic E-state index is 0.104. The van der Waals surface area contributed by atoms with E-state index in [4.69, 9.17) is 4.74 Å². The van der Waals surface area contributed by atoms with E-state index >= 15 is 0 Å². The molecule has 1 saturated heterocycles. The molecular weight excluding hydrogens is 210 g/mol. The Balaban J connectivity index is 2.06. The molecule has 1 aliphatic heterocycles. The average Bonchev–Trinajstić information content (AvgIpc) is 2.62. The predicted octanol–water partition coefficient (Wildman–Crippen LogP) is 1.53. The number of nitro groups is 1. The van der Waals surface area contributed by atoms with Gasteiger partial charge in [-0.2, -0.15) is 5.10 Å². The van der Waals surface area contributed by atoms with Gasteiger partial charge in [-0.3, -0.25) is 14.8 Å². The van der Waals surface area contributed by atoms with Gasteiger partial charge in [-0.15, -0.1) is 0 Å². The summed E-state index contributed by atoms with van der Waals surface area (Å²) < 4.78 is 7.00. The van der Waals surface area contributed by atoms with E-state index in [1.807, 2.05) is 0 Å². The van der Waals surface area contributed by atoms with Crippen molar-refractivity contribution in [2.75, 3.05) is 13.2 Å². The van der Waals surface area contributed by atoms with Crippen LogP contribution in [0.3, 0.4) is 0 Å². The van der Waals surface area contributed by atoms with E-state index in [0.29, 0.717) is 11.6 Å². The van der Waals surface area contributed by atoms with Crippen molar-refractivity contribution in [1.29, 1.82) is 0 Å². The van der Waals surface area contributed by atoms with Crippen molar-refractivity contribution in [2.45, 2.75) is 26.3 Å². The summed E-state index contributed by atoms with van der Waals surface area (Å²) in [6.07, 6.45) is 3.34. The molecule has 1 aromatic heterocycles. The summed E-state index contributed by atoms with van der Waals surface area (Å²) in [7, 11) is 0. The van der Waals surface area contributed by atoms with Gasteiger partial charge in [-0.25, -0.2) is 0 Å². The molecule has 0 radical (unpaired) electrons. The van der Waals surface area contributed by atoms with Crippen molar-refractivity contribution in [2.24, 2.45) is 5.92 Å². The zero-order valence-corrected chi connectivity index (χ0v) is 9.26. The Bertz CT molecular complexity index is 383. The van der Waals surface area contributed by atoms with Crippen LogP contribution in [0.5, 0.6) is 0 Å². The average molecular weight is 225 g/mol. The maximum absolute atomic E-state index is 10.7. The first-order valence-corrected chi connectivity index (χ1v) is 5.43. The van der Waals surface area contributed by atoms with E-state index in [-0.39, 0.29) is 10.6 Å². The van der Waals surface area contributed by atoms with Crippen molar-refractivity contribution in [3.05, 3.63) is 22.0 Å². The van der Waals surface area contributed by atoms with Gasteiger partial charge < -0.3 is 4.74 Å². The van der Waals surface area contributed by atoms with Gasteiger partial charge in [-0.1, -0.05) is 0 Å². The normalized spacial score (nSPS) is 17.6. The molecule has 0 amide bonds. The molecule has 2 rings (SSSR count). The summed E-state index contributed by atoms with van der Waals surface area (Å²) in [6.45, 7) is 4.06. The lowest BCUT2D eigenvalue weighted by molar-refractivity contribution is -0.385. The Morgan fingerprint density at radius 3 is 2.88 bits per heavy atom. The van der Waals surface area contributed by atoms with Gasteiger partial charge >= 0.3 is 5.69 Å². The minimum atomic E-state index is -0.386. The number of aromatic nitrogens is 2. The molecular formula is C10H15N3O3. The molecule has 0 unspecified atom stereocenters. The zero-order valence-electron chi connectivity index (χ0n) is 9.26. The highest BCUT2D eigenvalue weighted by Gasteiger charge is 2.20. The van der Waals surface area contributed by atoms with Crippen LogP contribution in [-0.4, -0.2) is 27.9 Å². The summed E-state index contributed by atoms with van der Waals surface area (Å²) in [4.78, 5) is 10.3. The van der Waals surface area contributed by atoms with Crippen molar-refractivity contribution < 1.29 is 9.66 Å². The first-order valence-electron chi connectivity index (χ1n) is 5.43. The maximum Gasteiger partial charge on any atom is 0.309 e. The number of hydrogen-bond acceptors (Lipinski definition) is 4. The van der Waals surface area contributed by atoms with Crippen molar-refractivity contribution in [3.8, 4) is 0 Å². The van der Waals surface area contributed by atoms with Gasteiger partial charge in [0.1, 0.15) is 11.9 Å². The van der Waals surface area contributed by atoms with Crippen LogP contribution in [-0.2, 0) is 11.3 Å². The Morgan fingerprint density at radius 2 is 2.31 bits per heavy atom. The van der Waals surface area contributed by atoms with Gasteiger partial charge in [0, 0.05) is 19.8 Å². The molecule has 0 aromatic carbocycles. The maximum atomic E-state index is 10.7. The van der Waals surface area contributed by atoms with Gasteiger partial charge in [0.2, 0.25) is 0 Å². The first kappa shape index (κ1) is 11.1. The second kappa shape index (κ2) is 4.61. The second-order valence-electron chi connectivity index (χ2n) is 4.11. The number of nitrogens with zero attached hydrogens (tertiary/aromatic N) is 3. The third kappa shape index (κ3) is 2.21. The fraction of sp³-hybridized carbons (Fsp3) is 0.700. The third-order valence-corrected chi connectivity index (χ3v) is 3.05. The molecule has 2 heterocycles. The molecule has 0 saturated carbocycles. The molecule has 88 valence electrons. The number of rotatable bonds is 3. The first-order chi connectivity index (χ1) is 7.68. The van der Waals surface area contributed by atoms with Crippen LogP contribution >= 0.6 is 0 Å². The third-order valence-electron chi connectivity index (χ3n) is 3.05. The molecule has 16 heavy (non-hydrogen) atoms. The van der Waals surface area contributed by atoms with E-state index < -0.39 is 0 Å². The minimum Gasteiger partial charge on any atom is -0.381 e. The second-order valence-corrected chi connectivity index (χ2v) is 4.11. The summed E-state index contributed by atoms with van der Waals surface area (Å²) in [5.41, 5.74) is 0.739. The molecule has 1 aromatic rings. The largest absolute Gasteiger partial charge is 0.381 e. The van der Waals surface area contributed by atoms with Crippen LogP contribution in [0.15, 0.2) is 6.20 Å². The Morgan fingerprint density at radius 1 is 1.62 bits per heavy atom. The van der Waals surface area contributed by atoms with Crippen LogP contribution in [0.1, 0.15) is 18.5 Å². The standard InChI is InChI=1S/C10H15N3O3/c1-8-10(13(14)15)6-11-12(8)7-9-2-4-16-5-3-9/h6,9H,2-5,7H2,1H3. The lowest BCUT2D eigenvalue weighted by Crippen LogP contribution is -2.21. The Hall–Kier alpha value is -1.43. The number of ether oxygens (including phenoxy) is 1. The molecule has 0 bridgehead atoms. The van der Waals surface area contributed by atoms with Gasteiger partial charge in [0.05, 0.1) is 4.92 Å². The van der Waals surface area contributed by atoms with Crippen molar-refractivity contribution in [1.82, 2.24) is 9.78 Å². The van der Waals surface area contributed by atoms with Crippen LogP contribution in [0.4, 0.5) is 5.69 Å². The Labute approximate surface area is 93.4 Å².